The van der Waals surface area contributed by atoms with Crippen LogP contribution in [0, 0.1) is 6.92 Å². The third-order valence-electron chi connectivity index (χ3n) is 3.74. The molecule has 0 bridgehead atoms. The smallest absolute Gasteiger partial charge is 0.348 e. The summed E-state index contributed by atoms with van der Waals surface area (Å²) in [5.74, 6) is 0.0362. The summed E-state index contributed by atoms with van der Waals surface area (Å²) in [6, 6.07) is 5.19. The lowest BCUT2D eigenvalue weighted by molar-refractivity contribution is 0.0601. The first-order valence-electron chi connectivity index (χ1n) is 7.95. The first-order chi connectivity index (χ1) is 13.3. The summed E-state index contributed by atoms with van der Waals surface area (Å²) in [5.41, 5.74) is 1.30. The van der Waals surface area contributed by atoms with Crippen molar-refractivity contribution >= 4 is 51.3 Å². The zero-order chi connectivity index (χ0) is 20.8. The van der Waals surface area contributed by atoms with Crippen molar-refractivity contribution < 1.29 is 28.5 Å². The summed E-state index contributed by atoms with van der Waals surface area (Å²) < 4.78 is 20.0. The number of hydrogen-bond acceptors (Lipinski definition) is 8. The van der Waals surface area contributed by atoms with E-state index >= 15 is 0 Å². The topological polar surface area (TPSA) is 95.1 Å². The molecule has 10 heteroatoms. The van der Waals surface area contributed by atoms with Crippen molar-refractivity contribution in [3.63, 3.8) is 0 Å². The molecule has 0 saturated carbocycles. The molecule has 0 atom stereocenters. The zero-order valence-electron chi connectivity index (χ0n) is 16.0. The van der Waals surface area contributed by atoms with Gasteiger partial charge in [-0.2, -0.15) is 0 Å². The van der Waals surface area contributed by atoms with E-state index in [-0.39, 0.29) is 15.6 Å². The van der Waals surface area contributed by atoms with Crippen molar-refractivity contribution in [1.29, 1.82) is 0 Å². The number of carbonyl (C=O) groups excluding carboxylic acids is 2. The third-order valence-corrected chi connectivity index (χ3v) is 5.13. The minimum atomic E-state index is -0.586. The highest BCUT2D eigenvalue weighted by atomic mass is 32.1. The molecule has 8 nitrogen and oxygen atoms in total. The fraction of sp³-hybridized carbons (Fsp3) is 0.278. The van der Waals surface area contributed by atoms with Crippen molar-refractivity contribution in [3.8, 4) is 11.5 Å². The lowest BCUT2D eigenvalue weighted by Gasteiger charge is -2.13. The van der Waals surface area contributed by atoms with E-state index in [9.17, 15) is 9.59 Å². The number of rotatable bonds is 6. The Balaban J connectivity index is 2.31. The van der Waals surface area contributed by atoms with Gasteiger partial charge in [-0.15, -0.1) is 11.3 Å². The summed E-state index contributed by atoms with van der Waals surface area (Å²) in [7, 11) is 5.62. The van der Waals surface area contributed by atoms with Crippen molar-refractivity contribution in [1.82, 2.24) is 0 Å². The second kappa shape index (κ2) is 9.38. The number of methoxy groups -OCH3 is 4. The predicted octanol–water partition coefficient (Wildman–Crippen LogP) is 3.46. The lowest BCUT2D eigenvalue weighted by Crippen LogP contribution is -2.20. The monoisotopic (exact) mass is 424 g/mol. The maximum absolute atomic E-state index is 12.2. The van der Waals surface area contributed by atoms with Gasteiger partial charge in [-0.3, -0.25) is 0 Å². The van der Waals surface area contributed by atoms with Gasteiger partial charge in [-0.1, -0.05) is 0 Å². The minimum absolute atomic E-state index is 0.207. The molecule has 0 fully saturated rings. The minimum Gasteiger partial charge on any atom is -0.497 e. The number of ether oxygens (including phenoxy) is 4. The Labute approximate surface area is 171 Å². The van der Waals surface area contributed by atoms with Gasteiger partial charge in [0.1, 0.15) is 21.4 Å². The molecule has 0 aliphatic heterocycles. The summed E-state index contributed by atoms with van der Waals surface area (Å²) in [5, 5.41) is 6.51. The Morgan fingerprint density at radius 2 is 1.50 bits per heavy atom. The molecule has 0 unspecified atom stereocenters. The zero-order valence-corrected chi connectivity index (χ0v) is 17.6. The van der Waals surface area contributed by atoms with Crippen LogP contribution >= 0.6 is 23.6 Å². The Hall–Kier alpha value is -2.85. The van der Waals surface area contributed by atoms with Gasteiger partial charge < -0.3 is 29.6 Å². The van der Waals surface area contributed by atoms with Crippen LogP contribution in [0.5, 0.6) is 11.5 Å². The summed E-state index contributed by atoms with van der Waals surface area (Å²) in [4.78, 5) is 24.4. The largest absolute Gasteiger partial charge is 0.497 e. The molecule has 0 aliphatic carbocycles. The predicted molar refractivity (Wildman–Crippen MR) is 111 cm³/mol. The van der Waals surface area contributed by atoms with Crippen LogP contribution < -0.4 is 20.1 Å². The van der Waals surface area contributed by atoms with Crippen LogP contribution in [0.2, 0.25) is 0 Å². The highest BCUT2D eigenvalue weighted by Crippen LogP contribution is 2.34. The second-order valence-electron chi connectivity index (χ2n) is 5.42. The first kappa shape index (κ1) is 21.5. The van der Waals surface area contributed by atoms with Crippen LogP contribution in [-0.4, -0.2) is 45.5 Å². The van der Waals surface area contributed by atoms with Gasteiger partial charge in [0.25, 0.3) is 0 Å². The van der Waals surface area contributed by atoms with E-state index in [1.54, 1.807) is 39.3 Å². The van der Waals surface area contributed by atoms with E-state index in [0.29, 0.717) is 27.8 Å². The summed E-state index contributed by atoms with van der Waals surface area (Å²) in [6.45, 7) is 1.64. The summed E-state index contributed by atoms with van der Waals surface area (Å²) in [6.07, 6.45) is 0. The van der Waals surface area contributed by atoms with E-state index < -0.39 is 11.9 Å². The molecular formula is C18H20N2O6S2. The highest BCUT2D eigenvalue weighted by molar-refractivity contribution is 7.80. The van der Waals surface area contributed by atoms with Crippen LogP contribution in [0.15, 0.2) is 18.2 Å². The molecule has 0 radical (unpaired) electrons. The van der Waals surface area contributed by atoms with Gasteiger partial charge in [0.2, 0.25) is 0 Å². The molecule has 1 aromatic carbocycles. The molecule has 2 N–H and O–H groups in total. The van der Waals surface area contributed by atoms with Gasteiger partial charge in [-0.05, 0) is 24.7 Å². The Bertz CT molecular complexity index is 887. The molecule has 0 amide bonds. The number of thiophene rings is 1. The van der Waals surface area contributed by atoms with E-state index in [1.165, 1.54) is 14.2 Å². The molecule has 28 heavy (non-hydrogen) atoms. The van der Waals surface area contributed by atoms with E-state index in [1.807, 2.05) is 0 Å². The number of carbonyl (C=O) groups is 2. The number of hydrogen-bond donors (Lipinski definition) is 2. The molecule has 0 aliphatic rings. The van der Waals surface area contributed by atoms with Gasteiger partial charge in [0.05, 0.1) is 34.0 Å². The lowest BCUT2D eigenvalue weighted by atomic mass is 10.1. The van der Waals surface area contributed by atoms with Crippen LogP contribution in [-0.2, 0) is 9.47 Å². The number of thiocarbonyl (C=S) groups is 1. The quantitative estimate of drug-likeness (QED) is 0.534. The second-order valence-corrected chi connectivity index (χ2v) is 6.85. The first-order valence-corrected chi connectivity index (χ1v) is 9.18. The molecule has 1 aromatic heterocycles. The Morgan fingerprint density at radius 1 is 0.929 bits per heavy atom. The average molecular weight is 425 g/mol. The third kappa shape index (κ3) is 4.70. The number of esters is 2. The summed E-state index contributed by atoms with van der Waals surface area (Å²) >= 11 is 6.39. The molecule has 1 heterocycles. The Morgan fingerprint density at radius 3 is 2.00 bits per heavy atom. The van der Waals surface area contributed by atoms with Crippen LogP contribution in [0.25, 0.3) is 0 Å². The highest BCUT2D eigenvalue weighted by Gasteiger charge is 2.26. The van der Waals surface area contributed by atoms with E-state index in [2.05, 4.69) is 10.6 Å². The molecule has 0 spiro atoms. The van der Waals surface area contributed by atoms with E-state index in [4.69, 9.17) is 31.2 Å². The number of nitrogens with one attached hydrogen (secondary N) is 2. The molecule has 0 saturated heterocycles. The average Bonchev–Trinajstić information content (AvgIpc) is 3.01. The van der Waals surface area contributed by atoms with Crippen LogP contribution in [0.3, 0.4) is 0 Å². The van der Waals surface area contributed by atoms with Crippen molar-refractivity contribution in [3.05, 3.63) is 34.2 Å². The van der Waals surface area contributed by atoms with Gasteiger partial charge in [-0.25, -0.2) is 9.59 Å². The van der Waals surface area contributed by atoms with Gasteiger partial charge in [0.15, 0.2) is 5.11 Å². The van der Waals surface area contributed by atoms with Crippen molar-refractivity contribution in [2.24, 2.45) is 0 Å². The molecular weight excluding hydrogens is 404 g/mol. The fourth-order valence-corrected chi connectivity index (χ4v) is 3.78. The Kier molecular flexibility index (Phi) is 7.18. The fourth-order valence-electron chi connectivity index (χ4n) is 2.38. The maximum atomic E-state index is 12.2. The molecule has 150 valence electrons. The standard InChI is InChI=1S/C18H20N2O6S2/c1-9-13(16(21)25-4)15(28-14(9)17(22)26-5)20-18(27)19-10-6-11(23-2)8-12(7-10)24-3/h6-8H,1-5H3,(H2,19,20,27). The van der Waals surface area contributed by atoms with Crippen molar-refractivity contribution in [2.45, 2.75) is 6.92 Å². The van der Waals surface area contributed by atoms with Crippen molar-refractivity contribution in [2.75, 3.05) is 39.1 Å². The van der Waals surface area contributed by atoms with E-state index in [0.717, 1.165) is 11.3 Å². The van der Waals surface area contributed by atoms with Gasteiger partial charge in [0, 0.05) is 23.9 Å². The SMILES string of the molecule is COC(=O)c1sc(NC(=S)Nc2cc(OC)cc(OC)c2)c(C(=O)OC)c1C. The normalized spacial score (nSPS) is 10.0. The van der Waals surface area contributed by atoms with Crippen LogP contribution in [0.4, 0.5) is 10.7 Å². The van der Waals surface area contributed by atoms with Gasteiger partial charge >= 0.3 is 11.9 Å². The molecule has 2 aromatic rings. The molecule has 2 rings (SSSR count). The number of anilines is 2. The van der Waals surface area contributed by atoms with Crippen LogP contribution in [0.1, 0.15) is 25.6 Å². The number of benzene rings is 1. The maximum Gasteiger partial charge on any atom is 0.348 e.